The third-order valence-corrected chi connectivity index (χ3v) is 3.42. The van der Waals surface area contributed by atoms with E-state index in [0.717, 1.165) is 12.5 Å². The zero-order valence-corrected chi connectivity index (χ0v) is 10.2. The zero-order chi connectivity index (χ0) is 11.2. The Morgan fingerprint density at radius 3 is 2.88 bits per heavy atom. The molecule has 1 unspecified atom stereocenters. The van der Waals surface area contributed by atoms with E-state index in [1.165, 1.54) is 38.0 Å². The molecule has 1 aromatic carbocycles. The molecule has 2 heteroatoms. The van der Waals surface area contributed by atoms with Gasteiger partial charge in [0, 0.05) is 19.6 Å². The number of likely N-dealkylation sites (tertiary alicyclic amines) is 1. The molecule has 1 aliphatic rings. The van der Waals surface area contributed by atoms with E-state index >= 15 is 0 Å². The summed E-state index contributed by atoms with van der Waals surface area (Å²) < 4.78 is 0. The van der Waals surface area contributed by atoms with Gasteiger partial charge in [-0.2, -0.15) is 0 Å². The van der Waals surface area contributed by atoms with E-state index in [4.69, 9.17) is 0 Å². The van der Waals surface area contributed by atoms with Crippen LogP contribution in [-0.4, -0.2) is 38.1 Å². The Morgan fingerprint density at radius 1 is 1.31 bits per heavy atom. The molecule has 0 radical (unpaired) electrons. The molecule has 16 heavy (non-hydrogen) atoms. The lowest BCUT2D eigenvalue weighted by atomic mass is 9.99. The standard InChI is InChI=1S/C14H22N2/c1-15-8-10-16-9-7-14(12-16)11-13-5-3-2-4-6-13/h2-6,14-15H,7-12H2,1H3. The lowest BCUT2D eigenvalue weighted by Crippen LogP contribution is -2.29. The summed E-state index contributed by atoms with van der Waals surface area (Å²) in [4.78, 5) is 2.57. The molecule has 1 N–H and O–H groups in total. The van der Waals surface area contributed by atoms with Gasteiger partial charge in [0.05, 0.1) is 0 Å². The SMILES string of the molecule is CNCCN1CCC(Cc2ccccc2)C1. The number of hydrogen-bond donors (Lipinski definition) is 1. The maximum absolute atomic E-state index is 3.22. The first-order valence-corrected chi connectivity index (χ1v) is 6.29. The summed E-state index contributed by atoms with van der Waals surface area (Å²) in [7, 11) is 2.03. The zero-order valence-electron chi connectivity index (χ0n) is 10.2. The van der Waals surface area contributed by atoms with Gasteiger partial charge in [0.25, 0.3) is 0 Å². The van der Waals surface area contributed by atoms with E-state index in [0.29, 0.717) is 0 Å². The number of hydrogen-bond acceptors (Lipinski definition) is 2. The van der Waals surface area contributed by atoms with Crippen molar-refractivity contribution in [3.8, 4) is 0 Å². The van der Waals surface area contributed by atoms with Gasteiger partial charge in [0.15, 0.2) is 0 Å². The molecule has 1 atom stereocenters. The van der Waals surface area contributed by atoms with Crippen LogP contribution >= 0.6 is 0 Å². The van der Waals surface area contributed by atoms with Crippen LogP contribution in [0.5, 0.6) is 0 Å². The summed E-state index contributed by atoms with van der Waals surface area (Å²) in [6.45, 7) is 4.86. The van der Waals surface area contributed by atoms with Crippen molar-refractivity contribution in [1.29, 1.82) is 0 Å². The predicted octanol–water partition coefficient (Wildman–Crippen LogP) is 1.77. The smallest absolute Gasteiger partial charge is 0.0107 e. The maximum atomic E-state index is 3.22. The molecule has 0 bridgehead atoms. The van der Waals surface area contributed by atoms with Gasteiger partial charge in [-0.3, -0.25) is 0 Å². The van der Waals surface area contributed by atoms with Crippen molar-refractivity contribution in [2.75, 3.05) is 33.2 Å². The third kappa shape index (κ3) is 3.32. The molecule has 2 nitrogen and oxygen atoms in total. The number of benzene rings is 1. The molecular formula is C14H22N2. The molecule has 1 aromatic rings. The summed E-state index contributed by atoms with van der Waals surface area (Å²) in [6, 6.07) is 10.9. The Morgan fingerprint density at radius 2 is 2.12 bits per heavy atom. The Kier molecular flexibility index (Phi) is 4.37. The van der Waals surface area contributed by atoms with Crippen molar-refractivity contribution >= 4 is 0 Å². The lowest BCUT2D eigenvalue weighted by Gasteiger charge is -2.15. The topological polar surface area (TPSA) is 15.3 Å². The highest BCUT2D eigenvalue weighted by molar-refractivity contribution is 5.15. The van der Waals surface area contributed by atoms with Crippen molar-refractivity contribution in [2.45, 2.75) is 12.8 Å². The number of likely N-dealkylation sites (N-methyl/N-ethyl adjacent to an activating group) is 1. The van der Waals surface area contributed by atoms with Crippen LogP contribution in [0.3, 0.4) is 0 Å². The van der Waals surface area contributed by atoms with Gasteiger partial charge in [0.1, 0.15) is 0 Å². The second-order valence-corrected chi connectivity index (χ2v) is 4.75. The Bertz CT molecular complexity index is 297. The Balaban J connectivity index is 1.76. The highest BCUT2D eigenvalue weighted by Crippen LogP contribution is 2.20. The van der Waals surface area contributed by atoms with Crippen molar-refractivity contribution in [2.24, 2.45) is 5.92 Å². The van der Waals surface area contributed by atoms with Crippen molar-refractivity contribution < 1.29 is 0 Å². The normalized spacial score (nSPS) is 21.4. The van der Waals surface area contributed by atoms with E-state index in [2.05, 4.69) is 40.5 Å². The molecular weight excluding hydrogens is 196 g/mol. The number of nitrogens with one attached hydrogen (secondary N) is 1. The van der Waals surface area contributed by atoms with Crippen LogP contribution in [0.4, 0.5) is 0 Å². The molecule has 2 rings (SSSR count). The van der Waals surface area contributed by atoms with Crippen LogP contribution in [0.25, 0.3) is 0 Å². The summed E-state index contributed by atoms with van der Waals surface area (Å²) >= 11 is 0. The highest BCUT2D eigenvalue weighted by atomic mass is 15.2. The minimum atomic E-state index is 0.860. The average Bonchev–Trinajstić information content (AvgIpc) is 2.75. The average molecular weight is 218 g/mol. The molecule has 0 aliphatic carbocycles. The van der Waals surface area contributed by atoms with Crippen molar-refractivity contribution in [3.63, 3.8) is 0 Å². The summed E-state index contributed by atoms with van der Waals surface area (Å²) in [6.07, 6.45) is 2.61. The van der Waals surface area contributed by atoms with E-state index in [9.17, 15) is 0 Å². The van der Waals surface area contributed by atoms with Gasteiger partial charge in [-0.15, -0.1) is 0 Å². The first-order valence-electron chi connectivity index (χ1n) is 6.29. The molecule has 1 heterocycles. The summed E-state index contributed by atoms with van der Waals surface area (Å²) in [5.41, 5.74) is 1.49. The fraction of sp³-hybridized carbons (Fsp3) is 0.571. The quantitative estimate of drug-likeness (QED) is 0.810. The second kappa shape index (κ2) is 6.02. The molecule has 0 saturated carbocycles. The predicted molar refractivity (Wildman–Crippen MR) is 68.6 cm³/mol. The van der Waals surface area contributed by atoms with Crippen LogP contribution in [0.1, 0.15) is 12.0 Å². The van der Waals surface area contributed by atoms with Crippen molar-refractivity contribution in [3.05, 3.63) is 35.9 Å². The van der Waals surface area contributed by atoms with Gasteiger partial charge in [-0.05, 0) is 37.9 Å². The molecule has 1 saturated heterocycles. The first kappa shape index (κ1) is 11.6. The number of nitrogens with zero attached hydrogens (tertiary/aromatic N) is 1. The monoisotopic (exact) mass is 218 g/mol. The fourth-order valence-electron chi connectivity index (χ4n) is 2.50. The lowest BCUT2D eigenvalue weighted by molar-refractivity contribution is 0.325. The molecule has 1 aliphatic heterocycles. The molecule has 0 aromatic heterocycles. The van der Waals surface area contributed by atoms with Gasteiger partial charge >= 0.3 is 0 Å². The van der Waals surface area contributed by atoms with Crippen molar-refractivity contribution in [1.82, 2.24) is 10.2 Å². The minimum absolute atomic E-state index is 0.860. The summed E-state index contributed by atoms with van der Waals surface area (Å²) in [5.74, 6) is 0.860. The highest BCUT2D eigenvalue weighted by Gasteiger charge is 2.21. The largest absolute Gasteiger partial charge is 0.318 e. The van der Waals surface area contributed by atoms with E-state index in [1.54, 1.807) is 0 Å². The van der Waals surface area contributed by atoms with Crippen LogP contribution in [-0.2, 0) is 6.42 Å². The fourth-order valence-corrected chi connectivity index (χ4v) is 2.50. The Hall–Kier alpha value is -0.860. The van der Waals surface area contributed by atoms with Crippen LogP contribution in [0.2, 0.25) is 0 Å². The minimum Gasteiger partial charge on any atom is -0.318 e. The van der Waals surface area contributed by atoms with Gasteiger partial charge in [-0.1, -0.05) is 30.3 Å². The van der Waals surface area contributed by atoms with Gasteiger partial charge < -0.3 is 10.2 Å². The van der Waals surface area contributed by atoms with Crippen LogP contribution in [0, 0.1) is 5.92 Å². The molecule has 0 amide bonds. The van der Waals surface area contributed by atoms with Crippen LogP contribution in [0.15, 0.2) is 30.3 Å². The Labute approximate surface area is 98.7 Å². The van der Waals surface area contributed by atoms with E-state index < -0.39 is 0 Å². The molecule has 88 valence electrons. The van der Waals surface area contributed by atoms with Gasteiger partial charge in [-0.25, -0.2) is 0 Å². The molecule has 0 spiro atoms. The van der Waals surface area contributed by atoms with Gasteiger partial charge in [0.2, 0.25) is 0 Å². The summed E-state index contributed by atoms with van der Waals surface area (Å²) in [5, 5.41) is 3.22. The third-order valence-electron chi connectivity index (χ3n) is 3.42. The molecule has 1 fully saturated rings. The van der Waals surface area contributed by atoms with E-state index in [1.807, 2.05) is 7.05 Å². The maximum Gasteiger partial charge on any atom is 0.0107 e. The van der Waals surface area contributed by atoms with Crippen LogP contribution < -0.4 is 5.32 Å². The van der Waals surface area contributed by atoms with E-state index in [-0.39, 0.29) is 0 Å². The first-order chi connectivity index (χ1) is 7.88. The second-order valence-electron chi connectivity index (χ2n) is 4.75. The number of rotatable bonds is 5.